The highest BCUT2D eigenvalue weighted by Gasteiger charge is 2.32. The Morgan fingerprint density at radius 3 is 2.35 bits per heavy atom. The molecule has 1 saturated heterocycles. The first-order valence-corrected chi connectivity index (χ1v) is 8.17. The molecule has 3 rings (SSSR count). The van der Waals surface area contributed by atoms with E-state index in [2.05, 4.69) is 36.1 Å². The van der Waals surface area contributed by atoms with Gasteiger partial charge in [0.15, 0.2) is 5.78 Å². The molecule has 0 saturated carbocycles. The third kappa shape index (κ3) is 3.87. The van der Waals surface area contributed by atoms with Crippen molar-refractivity contribution in [1.82, 2.24) is 4.90 Å². The molecule has 120 valence electrons. The number of Topliss-reactive ketones (excluding diaryl/α,β-unsaturated/α-hetero) is 1. The van der Waals surface area contributed by atoms with Crippen LogP contribution < -0.4 is 0 Å². The van der Waals surface area contributed by atoms with Gasteiger partial charge in [0, 0.05) is 25.1 Å². The van der Waals surface area contributed by atoms with Gasteiger partial charge in [0.1, 0.15) is 6.73 Å². The van der Waals surface area contributed by atoms with Crippen LogP contribution in [0.2, 0.25) is 0 Å². The summed E-state index contributed by atoms with van der Waals surface area (Å²) in [7, 11) is 0. The van der Waals surface area contributed by atoms with Crippen molar-refractivity contribution in [2.45, 2.75) is 25.4 Å². The summed E-state index contributed by atoms with van der Waals surface area (Å²) < 4.78 is 6.12. The second-order valence-corrected chi connectivity index (χ2v) is 6.28. The Kier molecular flexibility index (Phi) is 4.89. The van der Waals surface area contributed by atoms with E-state index in [0.29, 0.717) is 13.2 Å². The van der Waals surface area contributed by atoms with Gasteiger partial charge in [-0.15, -0.1) is 0 Å². The lowest BCUT2D eigenvalue weighted by Crippen LogP contribution is -2.43. The number of carbonyl (C=O) groups is 1. The number of benzene rings is 2. The van der Waals surface area contributed by atoms with Crippen LogP contribution in [0, 0.1) is 0 Å². The number of hydrogen-bond acceptors (Lipinski definition) is 3. The minimum Gasteiger partial charge on any atom is -0.355 e. The van der Waals surface area contributed by atoms with Crippen molar-refractivity contribution >= 4 is 5.78 Å². The Morgan fingerprint density at radius 1 is 1.09 bits per heavy atom. The first-order valence-electron chi connectivity index (χ1n) is 8.17. The third-order valence-corrected chi connectivity index (χ3v) is 4.61. The maximum atomic E-state index is 12.2. The first kappa shape index (κ1) is 15.9. The molecule has 1 atom stereocenters. The summed E-state index contributed by atoms with van der Waals surface area (Å²) in [6, 6.07) is 19.9. The van der Waals surface area contributed by atoms with Gasteiger partial charge in [-0.3, -0.25) is 9.69 Å². The Labute approximate surface area is 137 Å². The number of hydrogen-bond donors (Lipinski definition) is 0. The minimum atomic E-state index is -0.221. The molecular formula is C20H23NO2. The van der Waals surface area contributed by atoms with Crippen molar-refractivity contribution in [3.8, 4) is 0 Å². The van der Waals surface area contributed by atoms with Crippen LogP contribution in [0.25, 0.3) is 0 Å². The summed E-state index contributed by atoms with van der Waals surface area (Å²) >= 11 is 0. The van der Waals surface area contributed by atoms with Crippen LogP contribution in [0.1, 0.15) is 35.7 Å². The molecule has 3 heteroatoms. The van der Waals surface area contributed by atoms with Crippen LogP contribution in [0.5, 0.6) is 0 Å². The van der Waals surface area contributed by atoms with Crippen LogP contribution in [-0.4, -0.2) is 30.5 Å². The van der Waals surface area contributed by atoms with Gasteiger partial charge in [0.25, 0.3) is 0 Å². The Morgan fingerprint density at radius 2 is 1.74 bits per heavy atom. The molecule has 1 fully saturated rings. The fourth-order valence-electron chi connectivity index (χ4n) is 2.96. The van der Waals surface area contributed by atoms with E-state index in [0.717, 1.165) is 25.1 Å². The van der Waals surface area contributed by atoms with E-state index in [1.807, 2.05) is 36.4 Å². The molecule has 1 unspecified atom stereocenters. The van der Waals surface area contributed by atoms with Gasteiger partial charge >= 0.3 is 0 Å². The first-order chi connectivity index (χ1) is 11.2. The molecule has 2 aromatic carbocycles. The molecule has 0 bridgehead atoms. The predicted octanol–water partition coefficient (Wildman–Crippen LogP) is 3.85. The highest BCUT2D eigenvalue weighted by atomic mass is 16.5. The molecule has 0 amide bonds. The van der Waals surface area contributed by atoms with Crippen molar-refractivity contribution in [1.29, 1.82) is 0 Å². The second kappa shape index (κ2) is 7.07. The molecule has 1 heterocycles. The molecule has 0 spiro atoms. The zero-order valence-corrected chi connectivity index (χ0v) is 13.6. The van der Waals surface area contributed by atoms with Gasteiger partial charge in [-0.2, -0.15) is 0 Å². The van der Waals surface area contributed by atoms with Gasteiger partial charge in [-0.1, -0.05) is 60.7 Å². The van der Waals surface area contributed by atoms with Crippen molar-refractivity contribution < 1.29 is 9.53 Å². The zero-order valence-electron chi connectivity index (χ0n) is 13.6. The molecule has 2 aromatic rings. The zero-order chi connectivity index (χ0) is 16.1. The minimum absolute atomic E-state index is 0.196. The lowest BCUT2D eigenvalue weighted by molar-refractivity contribution is -0.133. The molecule has 23 heavy (non-hydrogen) atoms. The van der Waals surface area contributed by atoms with E-state index < -0.39 is 0 Å². The number of rotatable bonds is 5. The van der Waals surface area contributed by atoms with Crippen LogP contribution in [0.4, 0.5) is 0 Å². The van der Waals surface area contributed by atoms with E-state index in [1.54, 1.807) is 0 Å². The summed E-state index contributed by atoms with van der Waals surface area (Å²) in [4.78, 5) is 14.4. The quantitative estimate of drug-likeness (QED) is 0.786. The highest BCUT2D eigenvalue weighted by molar-refractivity contribution is 5.96. The Balaban J connectivity index is 1.51. The lowest BCUT2D eigenvalue weighted by atomic mass is 9.91. The van der Waals surface area contributed by atoms with Gasteiger partial charge in [0.05, 0.1) is 5.60 Å². The van der Waals surface area contributed by atoms with Crippen LogP contribution in [-0.2, 0) is 10.3 Å². The van der Waals surface area contributed by atoms with Crippen LogP contribution in [0.3, 0.4) is 0 Å². The second-order valence-electron chi connectivity index (χ2n) is 6.28. The normalized spacial score (nSPS) is 22.0. The standard InChI is InChI=1S/C20H23NO2/c1-20(18-10-6-3-7-11-18)13-15-21(16-23-20)14-12-19(22)17-8-4-2-5-9-17/h2-11H,12-16H2,1H3. The monoisotopic (exact) mass is 309 g/mol. The molecule has 0 N–H and O–H groups in total. The molecule has 1 aliphatic heterocycles. The maximum Gasteiger partial charge on any atom is 0.164 e. The number of carbonyl (C=O) groups excluding carboxylic acids is 1. The van der Waals surface area contributed by atoms with Crippen LogP contribution in [0.15, 0.2) is 60.7 Å². The molecule has 0 radical (unpaired) electrons. The third-order valence-electron chi connectivity index (χ3n) is 4.61. The van der Waals surface area contributed by atoms with E-state index >= 15 is 0 Å². The van der Waals surface area contributed by atoms with E-state index in [1.165, 1.54) is 5.56 Å². The molecule has 0 aromatic heterocycles. The summed E-state index contributed by atoms with van der Waals surface area (Å²) in [5.41, 5.74) is 1.79. The summed E-state index contributed by atoms with van der Waals surface area (Å²) in [5.74, 6) is 0.196. The van der Waals surface area contributed by atoms with Gasteiger partial charge in [-0.25, -0.2) is 0 Å². The topological polar surface area (TPSA) is 29.5 Å². The van der Waals surface area contributed by atoms with E-state index in [-0.39, 0.29) is 11.4 Å². The van der Waals surface area contributed by atoms with Gasteiger partial charge in [0.2, 0.25) is 0 Å². The molecular weight excluding hydrogens is 286 g/mol. The number of nitrogens with zero attached hydrogens (tertiary/aromatic N) is 1. The average molecular weight is 309 g/mol. The fraction of sp³-hybridized carbons (Fsp3) is 0.350. The smallest absolute Gasteiger partial charge is 0.164 e. The van der Waals surface area contributed by atoms with Crippen LogP contribution >= 0.6 is 0 Å². The summed E-state index contributed by atoms with van der Waals surface area (Å²) in [6.07, 6.45) is 1.48. The van der Waals surface area contributed by atoms with Crippen molar-refractivity contribution in [2.24, 2.45) is 0 Å². The summed E-state index contributed by atoms with van der Waals surface area (Å²) in [6.45, 7) is 4.42. The fourth-order valence-corrected chi connectivity index (χ4v) is 2.96. The number of ketones is 1. The summed E-state index contributed by atoms with van der Waals surface area (Å²) in [5, 5.41) is 0. The molecule has 3 nitrogen and oxygen atoms in total. The van der Waals surface area contributed by atoms with Gasteiger partial charge < -0.3 is 4.74 Å². The maximum absolute atomic E-state index is 12.2. The van der Waals surface area contributed by atoms with E-state index in [4.69, 9.17) is 4.74 Å². The lowest BCUT2D eigenvalue weighted by Gasteiger charge is -2.39. The van der Waals surface area contributed by atoms with Crippen molar-refractivity contribution in [2.75, 3.05) is 19.8 Å². The average Bonchev–Trinajstić information content (AvgIpc) is 2.62. The highest BCUT2D eigenvalue weighted by Crippen LogP contribution is 2.32. The van der Waals surface area contributed by atoms with Gasteiger partial charge in [-0.05, 0) is 18.9 Å². The largest absolute Gasteiger partial charge is 0.355 e. The van der Waals surface area contributed by atoms with Crippen molar-refractivity contribution in [3.05, 3.63) is 71.8 Å². The molecule has 1 aliphatic rings. The predicted molar refractivity (Wildman–Crippen MR) is 91.3 cm³/mol. The number of ether oxygens (including phenoxy) is 1. The Hall–Kier alpha value is -1.97. The molecule has 0 aliphatic carbocycles. The van der Waals surface area contributed by atoms with Crippen molar-refractivity contribution in [3.63, 3.8) is 0 Å². The van der Waals surface area contributed by atoms with E-state index in [9.17, 15) is 4.79 Å². The SMILES string of the molecule is CC1(c2ccccc2)CCN(CCC(=O)c2ccccc2)CO1. The Bertz CT molecular complexity index is 631.